The third-order valence-electron chi connectivity index (χ3n) is 9.24. The van der Waals surface area contributed by atoms with E-state index in [9.17, 15) is 8.42 Å². The Kier molecular flexibility index (Phi) is 12.1. The van der Waals surface area contributed by atoms with Gasteiger partial charge in [0.05, 0.1) is 12.5 Å². The number of hydrogen-bond acceptors (Lipinski definition) is 20. The first-order valence-corrected chi connectivity index (χ1v) is 21.2. The van der Waals surface area contributed by atoms with Gasteiger partial charge in [-0.15, -0.1) is 30.6 Å². The van der Waals surface area contributed by atoms with E-state index >= 15 is 0 Å². The number of anilines is 3. The number of nitrogen functional groups attached to an aromatic ring is 2. The molecule has 0 amide bonds. The zero-order valence-electron chi connectivity index (χ0n) is 34.5. The van der Waals surface area contributed by atoms with Crippen LogP contribution < -0.4 is 22.5 Å². The molecule has 0 spiro atoms. The number of benzene rings is 2. The summed E-state index contributed by atoms with van der Waals surface area (Å²) < 4.78 is 39.6. The normalized spacial score (nSPS) is 11.3. The molecule has 64 heavy (non-hydrogen) atoms. The second-order valence-corrected chi connectivity index (χ2v) is 15.8. The zero-order valence-corrected chi connectivity index (χ0v) is 35.3. The Hall–Kier alpha value is -8.45. The molecule has 0 saturated heterocycles. The number of nitrogens with two attached hydrogens (primary N) is 3. The summed E-state index contributed by atoms with van der Waals surface area (Å²) in [4.78, 5) is 24.5. The molecule has 0 saturated carbocycles. The number of hydrogen-bond donors (Lipinski definition) is 4. The molecule has 0 aliphatic rings. The van der Waals surface area contributed by atoms with Gasteiger partial charge in [-0.1, -0.05) is 48.5 Å². The number of fused-ring (bicyclic) bond motifs is 2. The van der Waals surface area contributed by atoms with Crippen LogP contribution in [0.25, 0.3) is 57.5 Å². The molecule has 24 nitrogen and oxygen atoms in total. The molecule has 8 aromatic heterocycles. The summed E-state index contributed by atoms with van der Waals surface area (Å²) in [6.07, 6.45) is 9.10. The van der Waals surface area contributed by atoms with Gasteiger partial charge in [-0.3, -0.25) is 0 Å². The van der Waals surface area contributed by atoms with Crippen LogP contribution in [0, 0.1) is 0 Å². The summed E-state index contributed by atoms with van der Waals surface area (Å²) in [6.45, 7) is 1.32. The monoisotopic (exact) mass is 884 g/mol. The van der Waals surface area contributed by atoms with Crippen LogP contribution in [0.15, 0.2) is 112 Å². The molecule has 0 fully saturated rings. The van der Waals surface area contributed by atoms with E-state index in [1.165, 1.54) is 21.9 Å². The minimum atomic E-state index is -3.57. The molecule has 0 radical (unpaired) electrons. The molecule has 10 aromatic rings. The molecule has 0 atom stereocenters. The lowest BCUT2D eigenvalue weighted by Gasteiger charge is -2.07. The molecule has 2 aromatic carbocycles. The van der Waals surface area contributed by atoms with E-state index in [-0.39, 0.29) is 23.5 Å². The van der Waals surface area contributed by atoms with E-state index in [1.807, 2.05) is 35.4 Å². The van der Waals surface area contributed by atoms with Crippen molar-refractivity contribution < 1.29 is 17.3 Å². The predicted molar refractivity (Wildman–Crippen MR) is 232 cm³/mol. The number of nitrogens with zero attached hydrogens (tertiary/aromatic N) is 16. The molecule has 0 unspecified atom stereocenters. The molecular formula is C39H40N20O4S. The van der Waals surface area contributed by atoms with E-state index < -0.39 is 15.0 Å². The first-order valence-electron chi connectivity index (χ1n) is 19.3. The van der Waals surface area contributed by atoms with E-state index in [2.05, 4.69) is 102 Å². The lowest BCUT2D eigenvalue weighted by molar-refractivity contribution is 0.577. The maximum absolute atomic E-state index is 11.4. The molecule has 10 rings (SSSR count). The maximum atomic E-state index is 11.4. The number of sulfone groups is 1. The van der Waals surface area contributed by atoms with Gasteiger partial charge in [0.15, 0.2) is 23.2 Å². The Morgan fingerprint density at radius 2 is 1.14 bits per heavy atom. The number of rotatable bonds is 11. The Morgan fingerprint density at radius 3 is 1.59 bits per heavy atom. The Bertz CT molecular complexity index is 3230. The lowest BCUT2D eigenvalue weighted by Crippen LogP contribution is -2.12. The highest BCUT2D eigenvalue weighted by atomic mass is 32.2. The summed E-state index contributed by atoms with van der Waals surface area (Å²) >= 11 is 0. The highest BCUT2D eigenvalue weighted by Crippen LogP contribution is 2.21. The van der Waals surface area contributed by atoms with E-state index in [4.69, 9.17) is 26.0 Å². The van der Waals surface area contributed by atoms with Crippen LogP contribution in [0.4, 0.5) is 17.8 Å². The van der Waals surface area contributed by atoms with Gasteiger partial charge in [0, 0.05) is 38.0 Å². The summed E-state index contributed by atoms with van der Waals surface area (Å²) in [7, 11) is 0.285. The summed E-state index contributed by atoms with van der Waals surface area (Å²) in [5.74, 6) is 4.20. The van der Waals surface area contributed by atoms with Crippen molar-refractivity contribution in [1.82, 2.24) is 78.7 Å². The number of furan rings is 2. The zero-order chi connectivity index (χ0) is 44.8. The predicted octanol–water partition coefficient (Wildman–Crippen LogP) is 2.56. The highest BCUT2D eigenvalue weighted by molar-refractivity contribution is 7.90. The molecule has 7 N–H and O–H groups in total. The number of aryl methyl sites for hydroxylation is 2. The summed E-state index contributed by atoms with van der Waals surface area (Å²) in [5, 5.41) is 27.1. The van der Waals surface area contributed by atoms with Gasteiger partial charge in [0.2, 0.25) is 39.3 Å². The molecule has 0 aliphatic carbocycles. The molecule has 326 valence electrons. The van der Waals surface area contributed by atoms with Gasteiger partial charge >= 0.3 is 0 Å². The fraction of sp³-hybridized carbons (Fsp3) is 0.179. The molecular weight excluding hydrogens is 845 g/mol. The van der Waals surface area contributed by atoms with Crippen molar-refractivity contribution in [2.45, 2.75) is 18.0 Å². The smallest absolute Gasteiger partial charge is 0.259 e. The molecule has 0 bridgehead atoms. The van der Waals surface area contributed by atoms with Crippen LogP contribution in [0.2, 0.25) is 0 Å². The van der Waals surface area contributed by atoms with Crippen LogP contribution in [0.1, 0.15) is 11.1 Å². The van der Waals surface area contributed by atoms with Crippen LogP contribution in [-0.4, -0.2) is 106 Å². The fourth-order valence-corrected chi connectivity index (χ4v) is 6.58. The number of aromatic nitrogens is 16. The van der Waals surface area contributed by atoms with E-state index in [0.717, 1.165) is 46.4 Å². The van der Waals surface area contributed by atoms with Crippen molar-refractivity contribution in [3.8, 4) is 45.9 Å². The van der Waals surface area contributed by atoms with Gasteiger partial charge in [-0.2, -0.15) is 38.9 Å². The second kappa shape index (κ2) is 18.3. The lowest BCUT2D eigenvalue weighted by atomic mass is 10.1. The van der Waals surface area contributed by atoms with Gasteiger partial charge in [-0.05, 0) is 54.8 Å². The van der Waals surface area contributed by atoms with E-state index in [0.29, 0.717) is 42.2 Å². The van der Waals surface area contributed by atoms with Crippen LogP contribution >= 0.6 is 0 Å². The number of nitrogens with one attached hydrogen (secondary N) is 1. The van der Waals surface area contributed by atoms with E-state index in [1.54, 1.807) is 43.2 Å². The van der Waals surface area contributed by atoms with Crippen LogP contribution in [0.3, 0.4) is 0 Å². The average Bonchev–Trinajstić information content (AvgIpc) is 4.14. The Labute approximate surface area is 363 Å². The van der Waals surface area contributed by atoms with Gasteiger partial charge < -0.3 is 40.5 Å². The van der Waals surface area contributed by atoms with Crippen molar-refractivity contribution >= 4 is 39.2 Å². The van der Waals surface area contributed by atoms with Crippen molar-refractivity contribution in [2.75, 3.05) is 36.1 Å². The fourth-order valence-electron chi connectivity index (χ4n) is 6.07. The second-order valence-electron chi connectivity index (χ2n) is 13.9. The first-order chi connectivity index (χ1) is 30.9. The van der Waals surface area contributed by atoms with Gasteiger partial charge in [0.1, 0.15) is 12.7 Å². The topological polar surface area (TPSA) is 324 Å². The third kappa shape index (κ3) is 9.53. The Balaban J connectivity index is 0.000000141. The van der Waals surface area contributed by atoms with Crippen molar-refractivity contribution in [3.05, 3.63) is 109 Å². The van der Waals surface area contributed by atoms with Crippen LogP contribution in [0.5, 0.6) is 0 Å². The summed E-state index contributed by atoms with van der Waals surface area (Å²) in [6, 6.07) is 23.3. The Morgan fingerprint density at radius 1 is 0.641 bits per heavy atom. The van der Waals surface area contributed by atoms with Gasteiger partial charge in [0.25, 0.3) is 16.7 Å². The minimum Gasteiger partial charge on any atom is -0.461 e. The van der Waals surface area contributed by atoms with Crippen molar-refractivity contribution in [3.63, 3.8) is 0 Å². The van der Waals surface area contributed by atoms with Gasteiger partial charge in [-0.25, -0.2) is 8.42 Å². The third-order valence-corrected chi connectivity index (χ3v) is 10.1. The standard InChI is InChI=1S/C19H18N10O.C11H14N4.C9H8N6O3S/c1-28-11-22-26-16(28)13-6-4-12(5-7-13)8-9-21-18-24-17(20)29-19(25-18)23-15(27-29)14-3-2-10-30-14;1-15-8-13-14-11(15)10-4-2-9(3-5-10)6-7-12;1-19(16,17)9-12-7(10)15-8(13-9)11-6(14-15)5-3-2-4-18-5/h2-7,10-11H,8-9H2,1H3,(H3,20,21,23,24,25,27);2-5,8H,6-7,12H2,1H3;2-4H,1H3,(H2,10,11,12,13,14). The highest BCUT2D eigenvalue weighted by Gasteiger charge is 2.19. The molecule has 0 aliphatic heterocycles. The molecule has 25 heteroatoms. The first kappa shape index (κ1) is 42.2. The summed E-state index contributed by atoms with van der Waals surface area (Å²) in [5.41, 5.74) is 21.7. The minimum absolute atomic E-state index is 0.0410. The SMILES string of the molecule is CS(=O)(=O)c1nc(N)n2nc(-c3ccco3)nc2n1.Cn1cnnc1-c1ccc(CCN)cc1.Cn1cnnc1-c1ccc(CCNc2nc(N)n3nc(-c4ccco4)nc3n2)cc1. The maximum Gasteiger partial charge on any atom is 0.259 e. The molecule has 8 heterocycles. The van der Waals surface area contributed by atoms with Crippen molar-refractivity contribution in [2.24, 2.45) is 19.8 Å². The quantitative estimate of drug-likeness (QED) is 0.145. The van der Waals surface area contributed by atoms with Crippen LogP contribution in [-0.2, 0) is 36.8 Å². The largest absolute Gasteiger partial charge is 0.461 e. The van der Waals surface area contributed by atoms with Crippen molar-refractivity contribution in [1.29, 1.82) is 0 Å². The average molecular weight is 885 g/mol.